The fourth-order valence-electron chi connectivity index (χ4n) is 3.35. The molecular weight excluding hydrogens is 281 g/mol. The van der Waals surface area contributed by atoms with Gasteiger partial charge in [-0.25, -0.2) is 0 Å². The van der Waals surface area contributed by atoms with E-state index in [9.17, 15) is 20.4 Å². The van der Waals surface area contributed by atoms with Gasteiger partial charge < -0.3 is 20.4 Å². The van der Waals surface area contributed by atoms with Crippen molar-refractivity contribution in [1.29, 1.82) is 0 Å². The summed E-state index contributed by atoms with van der Waals surface area (Å²) in [7, 11) is 9.11. The molecule has 120 valence electrons. The van der Waals surface area contributed by atoms with E-state index in [1.165, 1.54) is 43.3 Å². The summed E-state index contributed by atoms with van der Waals surface area (Å²) in [6.07, 6.45) is 3.16. The molecule has 1 aliphatic rings. The minimum absolute atomic E-state index is 0.0344. The fourth-order valence-corrected chi connectivity index (χ4v) is 3.35. The molecule has 1 aliphatic carbocycles. The molecule has 22 heavy (non-hydrogen) atoms. The van der Waals surface area contributed by atoms with E-state index in [1.807, 2.05) is 0 Å². The Labute approximate surface area is 132 Å². The van der Waals surface area contributed by atoms with E-state index in [2.05, 4.69) is 0 Å². The average molecular weight is 305 g/mol. The first-order valence-corrected chi connectivity index (χ1v) is 7.58. The van der Waals surface area contributed by atoms with Gasteiger partial charge in [0.2, 0.25) is 0 Å². The van der Waals surface area contributed by atoms with Gasteiger partial charge in [-0.2, -0.15) is 0 Å². The third-order valence-corrected chi connectivity index (χ3v) is 4.85. The summed E-state index contributed by atoms with van der Waals surface area (Å²) in [4.78, 5) is 1.28. The molecular formula is C16H24BNO4. The highest BCUT2D eigenvalue weighted by Crippen LogP contribution is 2.48. The van der Waals surface area contributed by atoms with Crippen molar-refractivity contribution in [3.05, 3.63) is 29.8 Å². The quantitative estimate of drug-likeness (QED) is 0.485. The van der Waals surface area contributed by atoms with Gasteiger partial charge in [0, 0.05) is 0 Å². The van der Waals surface area contributed by atoms with Crippen LogP contribution < -0.4 is 0 Å². The largest absolute Gasteiger partial charge is 0.508 e. The summed E-state index contributed by atoms with van der Waals surface area (Å²) in [6.45, 7) is 0. The van der Waals surface area contributed by atoms with Crippen LogP contribution in [0.5, 0.6) is 5.75 Å². The van der Waals surface area contributed by atoms with Crippen molar-refractivity contribution in [2.24, 2.45) is 0 Å². The van der Waals surface area contributed by atoms with Crippen LogP contribution in [-0.4, -0.2) is 58.5 Å². The predicted molar refractivity (Wildman–Crippen MR) is 84.4 cm³/mol. The van der Waals surface area contributed by atoms with Crippen LogP contribution in [0.3, 0.4) is 0 Å². The Morgan fingerprint density at radius 2 is 1.55 bits per heavy atom. The average Bonchev–Trinajstić information content (AvgIpc) is 2.47. The summed E-state index contributed by atoms with van der Waals surface area (Å²) in [6, 6.07) is 5.75. The van der Waals surface area contributed by atoms with Crippen molar-refractivity contribution >= 4 is 7.85 Å². The van der Waals surface area contributed by atoms with Gasteiger partial charge in [-0.15, -0.1) is 0 Å². The molecule has 4 N–H and O–H groups in total. The lowest BCUT2D eigenvalue weighted by Gasteiger charge is -2.55. The van der Waals surface area contributed by atoms with E-state index in [1.54, 1.807) is 0 Å². The van der Waals surface area contributed by atoms with Gasteiger partial charge in [0.1, 0.15) is 24.8 Å². The molecule has 0 bridgehead atoms. The number of aromatic hydroxyl groups is 1. The second-order valence-corrected chi connectivity index (χ2v) is 6.47. The molecule has 0 amide bonds. The summed E-state index contributed by atoms with van der Waals surface area (Å²) in [5.74, 6) is 0.0344. The van der Waals surface area contributed by atoms with Crippen LogP contribution in [0, 0.1) is 0 Å². The Morgan fingerprint density at radius 3 is 2.00 bits per heavy atom. The number of aliphatic hydroxyl groups is 3. The molecule has 5 nitrogen and oxygen atoms in total. The third kappa shape index (κ3) is 2.54. The van der Waals surface area contributed by atoms with Crippen molar-refractivity contribution in [3.63, 3.8) is 0 Å². The van der Waals surface area contributed by atoms with E-state index in [-0.39, 0.29) is 11.3 Å². The van der Waals surface area contributed by atoms with Crippen LogP contribution in [0.15, 0.2) is 24.3 Å². The Morgan fingerprint density at radius 1 is 1.05 bits per heavy atom. The Balaban J connectivity index is 2.60. The first-order chi connectivity index (χ1) is 10.1. The van der Waals surface area contributed by atoms with Crippen LogP contribution in [0.2, 0.25) is 0 Å². The smallest absolute Gasteiger partial charge is 0.151 e. The molecule has 1 aromatic carbocycles. The molecule has 0 aromatic heterocycles. The number of rotatable bonds is 4. The van der Waals surface area contributed by atoms with Gasteiger partial charge >= 0.3 is 0 Å². The molecule has 2 radical (unpaired) electrons. The van der Waals surface area contributed by atoms with Gasteiger partial charge in [-0.3, -0.25) is 4.90 Å². The van der Waals surface area contributed by atoms with Crippen molar-refractivity contribution < 1.29 is 20.4 Å². The molecule has 2 atom stereocenters. The second-order valence-electron chi connectivity index (χ2n) is 6.47. The van der Waals surface area contributed by atoms with Crippen LogP contribution >= 0.6 is 0 Å². The van der Waals surface area contributed by atoms with E-state index >= 15 is 0 Å². The maximum absolute atomic E-state index is 11.4. The normalized spacial score (nSPS) is 23.7. The zero-order valence-electron chi connectivity index (χ0n) is 13.2. The molecule has 0 spiro atoms. The highest BCUT2D eigenvalue weighted by atomic mass is 16.4. The molecule has 1 fully saturated rings. The molecule has 2 unspecified atom stereocenters. The Bertz CT molecular complexity index is 511. The summed E-state index contributed by atoms with van der Waals surface area (Å²) in [5, 5.41) is 42.8. The standard InChI is InChI=1S/C16H24BNO4/c1-18(2)16(17,22)15(21,12-6-8-13(19)9-7-12)14(20)10-4-3-5-11-14/h6-9,19-22H,3-5,10-11H2,1-2H3. The number of hydrogen-bond acceptors (Lipinski definition) is 5. The van der Waals surface area contributed by atoms with Crippen molar-refractivity contribution in [2.45, 2.75) is 48.9 Å². The van der Waals surface area contributed by atoms with Crippen molar-refractivity contribution in [1.82, 2.24) is 4.90 Å². The van der Waals surface area contributed by atoms with E-state index in [4.69, 9.17) is 7.85 Å². The molecule has 0 saturated heterocycles. The zero-order chi connectivity index (χ0) is 16.6. The maximum atomic E-state index is 11.4. The van der Waals surface area contributed by atoms with Crippen LogP contribution in [0.1, 0.15) is 37.7 Å². The number of phenolic OH excluding ortho intramolecular Hbond substituents is 1. The van der Waals surface area contributed by atoms with Gasteiger partial charge in [0.15, 0.2) is 5.60 Å². The lowest BCUT2D eigenvalue weighted by Crippen LogP contribution is -2.71. The molecule has 1 saturated carbocycles. The van der Waals surface area contributed by atoms with Gasteiger partial charge in [0.05, 0.1) is 0 Å². The fraction of sp³-hybridized carbons (Fsp3) is 0.625. The second kappa shape index (κ2) is 5.85. The van der Waals surface area contributed by atoms with E-state index < -0.39 is 16.8 Å². The third-order valence-electron chi connectivity index (χ3n) is 4.85. The van der Waals surface area contributed by atoms with Gasteiger partial charge in [-0.05, 0) is 44.6 Å². The number of phenols is 1. The van der Waals surface area contributed by atoms with Gasteiger partial charge in [0.25, 0.3) is 0 Å². The maximum Gasteiger partial charge on any atom is 0.151 e. The van der Waals surface area contributed by atoms with Crippen LogP contribution in [0.4, 0.5) is 0 Å². The van der Waals surface area contributed by atoms with Crippen molar-refractivity contribution in [3.8, 4) is 5.75 Å². The molecule has 6 heteroatoms. The Hall–Kier alpha value is -1.08. The number of nitrogens with zero attached hydrogens (tertiary/aromatic N) is 1. The minimum Gasteiger partial charge on any atom is -0.508 e. The summed E-state index contributed by atoms with van der Waals surface area (Å²) >= 11 is 0. The molecule has 1 aromatic rings. The number of likely N-dealkylation sites (N-methyl/N-ethyl adjacent to an activating group) is 1. The van der Waals surface area contributed by atoms with Crippen molar-refractivity contribution in [2.75, 3.05) is 14.1 Å². The summed E-state index contributed by atoms with van der Waals surface area (Å²) in [5.41, 5.74) is -5.53. The lowest BCUT2D eigenvalue weighted by molar-refractivity contribution is -0.269. The highest BCUT2D eigenvalue weighted by Gasteiger charge is 2.61. The summed E-state index contributed by atoms with van der Waals surface area (Å²) < 4.78 is 0. The molecule has 0 heterocycles. The zero-order valence-corrected chi connectivity index (χ0v) is 13.2. The van der Waals surface area contributed by atoms with Gasteiger partial charge in [-0.1, -0.05) is 31.4 Å². The van der Waals surface area contributed by atoms with Crippen LogP contribution in [-0.2, 0) is 5.60 Å². The number of benzene rings is 1. The SMILES string of the molecule is [B]C(O)(N(C)C)C(O)(c1ccc(O)cc1)C1(O)CCCCC1. The van der Waals surface area contributed by atoms with Crippen LogP contribution in [0.25, 0.3) is 0 Å². The topological polar surface area (TPSA) is 84.2 Å². The Kier molecular flexibility index (Phi) is 4.60. The minimum atomic E-state index is -2.17. The predicted octanol–water partition coefficient (Wildman–Crippen LogP) is 0.651. The first kappa shape index (κ1) is 17.3. The number of hydrogen-bond donors (Lipinski definition) is 4. The molecule has 2 rings (SSSR count). The monoisotopic (exact) mass is 305 g/mol. The highest BCUT2D eigenvalue weighted by molar-refractivity contribution is 6.15. The molecule has 0 aliphatic heterocycles. The van der Waals surface area contributed by atoms with E-state index in [0.29, 0.717) is 12.8 Å². The first-order valence-electron chi connectivity index (χ1n) is 7.58. The lowest BCUT2D eigenvalue weighted by atomic mass is 9.59. The van der Waals surface area contributed by atoms with E-state index in [0.717, 1.165) is 19.3 Å².